The molecule has 1 aliphatic heterocycles. The second-order valence-electron chi connectivity index (χ2n) is 4.58. The summed E-state index contributed by atoms with van der Waals surface area (Å²) in [6.45, 7) is 4.22. The van der Waals surface area contributed by atoms with Crippen LogP contribution in [0.1, 0.15) is 12.5 Å². The first kappa shape index (κ1) is 12.5. The van der Waals surface area contributed by atoms with Gasteiger partial charge in [0.15, 0.2) is 0 Å². The Hall–Kier alpha value is -0.970. The van der Waals surface area contributed by atoms with Crippen molar-refractivity contribution in [3.8, 4) is 0 Å². The summed E-state index contributed by atoms with van der Waals surface area (Å²) >= 11 is 0. The number of halogens is 1. The van der Waals surface area contributed by atoms with Gasteiger partial charge in [0.25, 0.3) is 0 Å². The molecule has 0 radical (unpaired) electrons. The molecule has 0 amide bonds. The van der Waals surface area contributed by atoms with Crippen molar-refractivity contribution in [2.45, 2.75) is 25.7 Å². The van der Waals surface area contributed by atoms with E-state index in [-0.39, 0.29) is 24.6 Å². The topological polar surface area (TPSA) is 32.7 Å². The zero-order valence-corrected chi connectivity index (χ0v) is 9.97. The smallest absolute Gasteiger partial charge is 0.123 e. The summed E-state index contributed by atoms with van der Waals surface area (Å²) in [5, 5.41) is 9.13. The molecule has 1 N–H and O–H groups in total. The van der Waals surface area contributed by atoms with Crippen LogP contribution in [0.5, 0.6) is 0 Å². The molecule has 1 heterocycles. The zero-order chi connectivity index (χ0) is 12.3. The lowest BCUT2D eigenvalue weighted by Gasteiger charge is -2.36. The predicted octanol–water partition coefficient (Wildman–Crippen LogP) is 1.41. The van der Waals surface area contributed by atoms with Crippen LogP contribution >= 0.6 is 0 Å². The van der Waals surface area contributed by atoms with E-state index in [4.69, 9.17) is 9.84 Å². The van der Waals surface area contributed by atoms with Gasteiger partial charge in [0.05, 0.1) is 18.8 Å². The second kappa shape index (κ2) is 5.58. The van der Waals surface area contributed by atoms with Crippen LogP contribution in [0.4, 0.5) is 4.39 Å². The Kier molecular flexibility index (Phi) is 4.10. The minimum Gasteiger partial charge on any atom is -0.394 e. The van der Waals surface area contributed by atoms with Crippen molar-refractivity contribution in [2.75, 3.05) is 19.7 Å². The maximum atomic E-state index is 13.1. The van der Waals surface area contributed by atoms with Crippen LogP contribution < -0.4 is 0 Å². The normalized spacial score (nSPS) is 26.1. The quantitative estimate of drug-likeness (QED) is 0.865. The third-order valence-electron chi connectivity index (χ3n) is 2.90. The number of nitrogens with zero attached hydrogens (tertiary/aromatic N) is 1. The van der Waals surface area contributed by atoms with Crippen LogP contribution in [0.3, 0.4) is 0 Å². The molecule has 0 aliphatic carbocycles. The largest absolute Gasteiger partial charge is 0.394 e. The van der Waals surface area contributed by atoms with Gasteiger partial charge in [-0.05, 0) is 24.6 Å². The Labute approximate surface area is 101 Å². The van der Waals surface area contributed by atoms with Crippen molar-refractivity contribution in [1.82, 2.24) is 4.90 Å². The number of morpholine rings is 1. The van der Waals surface area contributed by atoms with Crippen LogP contribution in [-0.2, 0) is 11.3 Å². The van der Waals surface area contributed by atoms with Gasteiger partial charge in [0.1, 0.15) is 5.82 Å². The van der Waals surface area contributed by atoms with E-state index in [1.54, 1.807) is 12.1 Å². The molecule has 0 aromatic heterocycles. The maximum Gasteiger partial charge on any atom is 0.123 e. The third-order valence-corrected chi connectivity index (χ3v) is 2.90. The van der Waals surface area contributed by atoms with Gasteiger partial charge in [-0.25, -0.2) is 4.39 Å². The molecule has 0 bridgehead atoms. The van der Waals surface area contributed by atoms with Gasteiger partial charge in [-0.1, -0.05) is 12.1 Å². The number of hydrogen-bond donors (Lipinski definition) is 1. The minimum atomic E-state index is -0.206. The Morgan fingerprint density at radius 3 is 3.00 bits per heavy atom. The summed E-state index contributed by atoms with van der Waals surface area (Å²) in [7, 11) is 0. The molecule has 94 valence electrons. The first-order chi connectivity index (χ1) is 8.17. The van der Waals surface area contributed by atoms with Crippen molar-refractivity contribution in [2.24, 2.45) is 0 Å². The third kappa shape index (κ3) is 3.49. The van der Waals surface area contributed by atoms with Gasteiger partial charge < -0.3 is 9.84 Å². The lowest BCUT2D eigenvalue weighted by atomic mass is 10.1. The first-order valence-electron chi connectivity index (χ1n) is 5.90. The molecule has 1 aromatic rings. The van der Waals surface area contributed by atoms with Gasteiger partial charge in [-0.3, -0.25) is 4.90 Å². The summed E-state index contributed by atoms with van der Waals surface area (Å²) in [6, 6.07) is 6.63. The van der Waals surface area contributed by atoms with Crippen molar-refractivity contribution in [3.05, 3.63) is 35.6 Å². The molecule has 2 unspecified atom stereocenters. The number of aliphatic hydroxyl groups is 1. The molecule has 1 saturated heterocycles. The fourth-order valence-electron chi connectivity index (χ4n) is 2.26. The van der Waals surface area contributed by atoms with Crippen molar-refractivity contribution < 1.29 is 14.2 Å². The number of benzene rings is 1. The van der Waals surface area contributed by atoms with E-state index in [0.717, 1.165) is 12.1 Å². The molecular weight excluding hydrogens is 221 g/mol. The van der Waals surface area contributed by atoms with Crippen LogP contribution in [0.25, 0.3) is 0 Å². The number of ether oxygens (including phenoxy) is 1. The highest BCUT2D eigenvalue weighted by molar-refractivity contribution is 5.16. The standard InChI is InChI=1S/C13H18FNO2/c1-10-6-15(8-13(9-16)17-10)7-11-3-2-4-12(14)5-11/h2-5,10,13,16H,6-9H2,1H3. The van der Waals surface area contributed by atoms with E-state index < -0.39 is 0 Å². The van der Waals surface area contributed by atoms with Crippen LogP contribution in [-0.4, -0.2) is 41.9 Å². The zero-order valence-electron chi connectivity index (χ0n) is 9.97. The van der Waals surface area contributed by atoms with Crippen LogP contribution in [0.2, 0.25) is 0 Å². The molecular formula is C13H18FNO2. The van der Waals surface area contributed by atoms with Gasteiger partial charge in [0, 0.05) is 19.6 Å². The van der Waals surface area contributed by atoms with E-state index in [1.807, 2.05) is 13.0 Å². The lowest BCUT2D eigenvalue weighted by Crippen LogP contribution is -2.47. The summed E-state index contributed by atoms with van der Waals surface area (Å²) in [4.78, 5) is 2.18. The summed E-state index contributed by atoms with van der Waals surface area (Å²) < 4.78 is 18.6. The van der Waals surface area contributed by atoms with E-state index in [2.05, 4.69) is 4.90 Å². The highest BCUT2D eigenvalue weighted by Gasteiger charge is 2.24. The van der Waals surface area contributed by atoms with E-state index >= 15 is 0 Å². The van der Waals surface area contributed by atoms with Gasteiger partial charge in [-0.15, -0.1) is 0 Å². The molecule has 1 aromatic carbocycles. The average Bonchev–Trinajstić information content (AvgIpc) is 2.28. The highest BCUT2D eigenvalue weighted by Crippen LogP contribution is 2.14. The van der Waals surface area contributed by atoms with Crippen molar-refractivity contribution in [1.29, 1.82) is 0 Å². The van der Waals surface area contributed by atoms with Gasteiger partial charge in [-0.2, -0.15) is 0 Å². The number of rotatable bonds is 3. The average molecular weight is 239 g/mol. The molecule has 4 heteroatoms. The van der Waals surface area contributed by atoms with Crippen molar-refractivity contribution >= 4 is 0 Å². The Morgan fingerprint density at radius 2 is 2.29 bits per heavy atom. The monoisotopic (exact) mass is 239 g/mol. The Morgan fingerprint density at radius 1 is 1.47 bits per heavy atom. The van der Waals surface area contributed by atoms with Gasteiger partial charge >= 0.3 is 0 Å². The molecule has 17 heavy (non-hydrogen) atoms. The number of hydrogen-bond acceptors (Lipinski definition) is 3. The maximum absolute atomic E-state index is 13.1. The van der Waals surface area contributed by atoms with Gasteiger partial charge in [0.2, 0.25) is 0 Å². The minimum absolute atomic E-state index is 0.0317. The van der Waals surface area contributed by atoms with E-state index in [9.17, 15) is 4.39 Å². The summed E-state index contributed by atoms with van der Waals surface area (Å²) in [6.07, 6.45) is -0.0261. The Balaban J connectivity index is 1.98. The molecule has 0 saturated carbocycles. The van der Waals surface area contributed by atoms with Crippen LogP contribution in [0.15, 0.2) is 24.3 Å². The number of aliphatic hydroxyl groups excluding tert-OH is 1. The fourth-order valence-corrected chi connectivity index (χ4v) is 2.26. The van der Waals surface area contributed by atoms with Crippen molar-refractivity contribution in [3.63, 3.8) is 0 Å². The van der Waals surface area contributed by atoms with E-state index in [0.29, 0.717) is 13.1 Å². The summed E-state index contributed by atoms with van der Waals surface area (Å²) in [5.41, 5.74) is 0.954. The lowest BCUT2D eigenvalue weighted by molar-refractivity contribution is -0.0972. The molecule has 1 aliphatic rings. The second-order valence-corrected chi connectivity index (χ2v) is 4.58. The molecule has 2 rings (SSSR count). The molecule has 3 nitrogen and oxygen atoms in total. The fraction of sp³-hybridized carbons (Fsp3) is 0.538. The molecule has 2 atom stereocenters. The van der Waals surface area contributed by atoms with Crippen LogP contribution in [0, 0.1) is 5.82 Å². The molecule has 1 fully saturated rings. The first-order valence-corrected chi connectivity index (χ1v) is 5.90. The summed E-state index contributed by atoms with van der Waals surface area (Å²) in [5.74, 6) is -0.206. The Bertz CT molecular complexity index is 372. The van der Waals surface area contributed by atoms with E-state index in [1.165, 1.54) is 6.07 Å². The SMILES string of the molecule is CC1CN(Cc2cccc(F)c2)CC(CO)O1. The highest BCUT2D eigenvalue weighted by atomic mass is 19.1. The molecule has 0 spiro atoms. The predicted molar refractivity (Wildman–Crippen MR) is 63.1 cm³/mol.